The van der Waals surface area contributed by atoms with E-state index >= 15 is 0 Å². The maximum atomic E-state index is 12.7. The molecule has 1 aromatic carbocycles. The molecule has 170 valence electrons. The van der Waals surface area contributed by atoms with Crippen LogP contribution in [0.25, 0.3) is 22.4 Å². The zero-order valence-corrected chi connectivity index (χ0v) is 18.1. The molecule has 1 aliphatic rings. The predicted octanol–water partition coefficient (Wildman–Crippen LogP) is 3.99. The number of benzene rings is 1. The summed E-state index contributed by atoms with van der Waals surface area (Å²) in [4.78, 5) is 27.6. The Hall–Kier alpha value is -2.86. The van der Waals surface area contributed by atoms with E-state index in [9.17, 15) is 33.0 Å². The average molecular weight is 516 g/mol. The second-order valence-electron chi connectivity index (χ2n) is 8.16. The van der Waals surface area contributed by atoms with Crippen LogP contribution in [-0.2, 0) is 12.1 Å². The second-order valence-corrected chi connectivity index (χ2v) is 8.95. The van der Waals surface area contributed by atoms with Gasteiger partial charge in [0, 0.05) is 18.4 Å². The quantitative estimate of drug-likeness (QED) is 0.483. The number of carbonyl (C=O) groups is 1. The molecule has 3 N–H and O–H groups in total. The average Bonchev–Trinajstić information content (AvgIpc) is 2.98. The van der Waals surface area contributed by atoms with Crippen molar-refractivity contribution in [2.75, 3.05) is 0 Å². The number of nitrogens with one attached hydrogen (secondary N) is 1. The molecule has 0 saturated heterocycles. The highest BCUT2D eigenvalue weighted by molar-refractivity contribution is 9.10. The summed E-state index contributed by atoms with van der Waals surface area (Å²) < 4.78 is 44.4. The number of carboxylic acid groups (broad SMARTS) is 1. The van der Waals surface area contributed by atoms with Gasteiger partial charge < -0.3 is 19.9 Å². The van der Waals surface area contributed by atoms with Gasteiger partial charge in [0.2, 0.25) is 5.71 Å². The maximum absolute atomic E-state index is 12.7. The minimum atomic E-state index is -4.58. The standard InChI is InChI=1S/C20H17BrF3N3O5/c1-18(31)6-19(7-18,26-17(29)30)11-4-2-10(3-5-11)14-13(21)12-15(32-14)25-9-27(16(12)28)8-20(22,23)24/h2-5,9,26,31H,6-8H2,1H3,(H,29,30)/t18-,19+. The van der Waals surface area contributed by atoms with Crippen LogP contribution in [-0.4, -0.2) is 37.6 Å². The lowest BCUT2D eigenvalue weighted by Crippen LogP contribution is -2.61. The highest BCUT2D eigenvalue weighted by atomic mass is 79.9. The Bertz CT molecular complexity index is 1260. The molecule has 2 aromatic heterocycles. The molecule has 12 heteroatoms. The largest absolute Gasteiger partial charge is 0.465 e. The summed E-state index contributed by atoms with van der Waals surface area (Å²) in [5.74, 6) is 0.196. The van der Waals surface area contributed by atoms with Crippen molar-refractivity contribution < 1.29 is 32.6 Å². The van der Waals surface area contributed by atoms with Crippen molar-refractivity contribution in [3.63, 3.8) is 0 Å². The minimum Gasteiger partial charge on any atom is -0.465 e. The van der Waals surface area contributed by atoms with Gasteiger partial charge in [0.05, 0.1) is 15.6 Å². The van der Waals surface area contributed by atoms with E-state index in [-0.39, 0.29) is 34.2 Å². The SMILES string of the molecule is C[C@]1(O)C[C@](NC(=O)O)(c2ccc(-c3oc4ncn(CC(F)(F)F)c(=O)c4c3Br)cc2)C1. The fourth-order valence-electron chi connectivity index (χ4n) is 4.24. The van der Waals surface area contributed by atoms with Crippen LogP contribution in [0.3, 0.4) is 0 Å². The van der Waals surface area contributed by atoms with E-state index in [1.807, 2.05) is 0 Å². The molecule has 1 saturated carbocycles. The lowest BCUT2D eigenvalue weighted by molar-refractivity contribution is -0.141. The molecule has 32 heavy (non-hydrogen) atoms. The summed E-state index contributed by atoms with van der Waals surface area (Å²) in [6, 6.07) is 6.58. The van der Waals surface area contributed by atoms with Crippen molar-refractivity contribution in [2.24, 2.45) is 0 Å². The van der Waals surface area contributed by atoms with Crippen molar-refractivity contribution in [3.05, 3.63) is 51.0 Å². The first-order chi connectivity index (χ1) is 14.8. The van der Waals surface area contributed by atoms with Crippen LogP contribution < -0.4 is 10.9 Å². The van der Waals surface area contributed by atoms with Crippen LogP contribution in [0.15, 0.2) is 44.3 Å². The van der Waals surface area contributed by atoms with E-state index in [0.29, 0.717) is 15.7 Å². The first-order valence-corrected chi connectivity index (χ1v) is 10.2. The van der Waals surface area contributed by atoms with Crippen molar-refractivity contribution in [2.45, 2.75) is 43.6 Å². The van der Waals surface area contributed by atoms with Gasteiger partial charge in [0.25, 0.3) is 5.56 Å². The van der Waals surface area contributed by atoms with Crippen LogP contribution in [0, 0.1) is 0 Å². The summed E-state index contributed by atoms with van der Waals surface area (Å²) in [5.41, 5.74) is -1.81. The second kappa shape index (κ2) is 7.34. The number of halogens is 4. The van der Waals surface area contributed by atoms with Gasteiger partial charge in [-0.25, -0.2) is 9.78 Å². The third-order valence-electron chi connectivity index (χ3n) is 5.38. The van der Waals surface area contributed by atoms with E-state index in [0.717, 1.165) is 6.33 Å². The monoisotopic (exact) mass is 515 g/mol. The van der Waals surface area contributed by atoms with Crippen LogP contribution in [0.2, 0.25) is 0 Å². The van der Waals surface area contributed by atoms with Gasteiger partial charge in [0.15, 0.2) is 5.76 Å². The van der Waals surface area contributed by atoms with E-state index in [1.54, 1.807) is 31.2 Å². The van der Waals surface area contributed by atoms with Crippen LogP contribution in [0.1, 0.15) is 25.3 Å². The topological polar surface area (TPSA) is 118 Å². The fourth-order valence-corrected chi connectivity index (χ4v) is 4.89. The molecule has 1 fully saturated rings. The zero-order chi connectivity index (χ0) is 23.5. The number of aromatic nitrogens is 2. The number of fused-ring (bicyclic) bond motifs is 1. The van der Waals surface area contributed by atoms with Gasteiger partial charge in [-0.05, 0) is 28.4 Å². The van der Waals surface area contributed by atoms with Gasteiger partial charge in [-0.2, -0.15) is 13.2 Å². The third-order valence-corrected chi connectivity index (χ3v) is 6.14. The van der Waals surface area contributed by atoms with Crippen LogP contribution >= 0.6 is 15.9 Å². The van der Waals surface area contributed by atoms with Crippen LogP contribution in [0.5, 0.6) is 0 Å². The molecule has 0 atom stereocenters. The first kappa shape index (κ1) is 22.3. The Morgan fingerprint density at radius 2 is 1.94 bits per heavy atom. The number of alkyl halides is 3. The first-order valence-electron chi connectivity index (χ1n) is 9.39. The molecule has 8 nitrogen and oxygen atoms in total. The van der Waals surface area contributed by atoms with E-state index in [2.05, 4.69) is 26.2 Å². The molecule has 0 aliphatic heterocycles. The molecule has 0 spiro atoms. The number of nitrogens with zero attached hydrogens (tertiary/aromatic N) is 2. The van der Waals surface area contributed by atoms with Crippen molar-refractivity contribution in [1.29, 1.82) is 0 Å². The summed E-state index contributed by atoms with van der Waals surface area (Å²) in [6.07, 6.45) is -4.62. The lowest BCUT2D eigenvalue weighted by Gasteiger charge is -2.51. The predicted molar refractivity (Wildman–Crippen MR) is 110 cm³/mol. The molecule has 4 rings (SSSR count). The van der Waals surface area contributed by atoms with Gasteiger partial charge in [-0.3, -0.25) is 9.36 Å². The molecule has 1 amide bonds. The summed E-state index contributed by atoms with van der Waals surface area (Å²) in [5, 5.41) is 21.7. The summed E-state index contributed by atoms with van der Waals surface area (Å²) >= 11 is 3.23. The smallest absolute Gasteiger partial charge is 0.406 e. The maximum Gasteiger partial charge on any atom is 0.406 e. The number of aliphatic hydroxyl groups is 1. The Morgan fingerprint density at radius 3 is 2.47 bits per heavy atom. The zero-order valence-electron chi connectivity index (χ0n) is 16.5. The van der Waals surface area contributed by atoms with Gasteiger partial charge in [-0.1, -0.05) is 24.3 Å². The van der Waals surface area contributed by atoms with E-state index in [1.165, 1.54) is 0 Å². The number of amides is 1. The molecule has 3 aromatic rings. The minimum absolute atomic E-state index is 0.113. The Balaban J connectivity index is 1.71. The fraction of sp³-hybridized carbons (Fsp3) is 0.350. The Labute approximate surface area is 186 Å². The highest BCUT2D eigenvalue weighted by Crippen LogP contribution is 2.48. The van der Waals surface area contributed by atoms with Gasteiger partial charge in [-0.15, -0.1) is 0 Å². The molecular formula is C20H17BrF3N3O5. The molecule has 1 aliphatic carbocycles. The highest BCUT2D eigenvalue weighted by Gasteiger charge is 2.53. The van der Waals surface area contributed by atoms with Crippen molar-refractivity contribution in [1.82, 2.24) is 14.9 Å². The number of rotatable bonds is 4. The molecule has 2 heterocycles. The molecular weight excluding hydrogens is 499 g/mol. The number of furan rings is 1. The normalized spacial score (nSPS) is 23.2. The number of hydrogen-bond acceptors (Lipinski definition) is 5. The summed E-state index contributed by atoms with van der Waals surface area (Å²) in [7, 11) is 0. The van der Waals surface area contributed by atoms with Crippen molar-refractivity contribution >= 4 is 33.1 Å². The Morgan fingerprint density at radius 1 is 1.31 bits per heavy atom. The van der Waals surface area contributed by atoms with Crippen LogP contribution in [0.4, 0.5) is 18.0 Å². The van der Waals surface area contributed by atoms with Gasteiger partial charge in [0.1, 0.15) is 18.3 Å². The van der Waals surface area contributed by atoms with E-state index < -0.39 is 35.5 Å². The molecule has 0 bridgehead atoms. The lowest BCUT2D eigenvalue weighted by atomic mass is 9.62. The van der Waals surface area contributed by atoms with Crippen molar-refractivity contribution in [3.8, 4) is 11.3 Å². The summed E-state index contributed by atoms with van der Waals surface area (Å²) in [6.45, 7) is 0.145. The third kappa shape index (κ3) is 3.99. The van der Waals surface area contributed by atoms with E-state index in [4.69, 9.17) is 4.42 Å². The molecule has 0 radical (unpaired) electrons. The van der Waals surface area contributed by atoms with Gasteiger partial charge >= 0.3 is 12.3 Å². The molecule has 0 unspecified atom stereocenters. The number of hydrogen-bond donors (Lipinski definition) is 3. The Kier molecular flexibility index (Phi) is 5.12.